The number of carbonyl (C=O) groups is 3. The van der Waals surface area contributed by atoms with Gasteiger partial charge in [-0.2, -0.15) is 5.26 Å². The van der Waals surface area contributed by atoms with Crippen LogP contribution in [0.25, 0.3) is 0 Å². The number of urea groups is 1. The Kier molecular flexibility index (Phi) is 8.61. The minimum Gasteiger partial charge on any atom is -0.444 e. The van der Waals surface area contributed by atoms with Gasteiger partial charge in [0.1, 0.15) is 17.7 Å². The van der Waals surface area contributed by atoms with Crippen LogP contribution in [0.4, 0.5) is 9.59 Å². The molecule has 1 N–H and O–H groups in total. The van der Waals surface area contributed by atoms with Crippen LogP contribution in [0, 0.1) is 17.2 Å². The number of rotatable bonds is 5. The lowest BCUT2D eigenvalue weighted by molar-refractivity contribution is -0.135. The molecular weight excluding hydrogens is 422 g/mol. The summed E-state index contributed by atoms with van der Waals surface area (Å²) in [7, 11) is 3.47. The van der Waals surface area contributed by atoms with E-state index in [1.165, 1.54) is 0 Å². The largest absolute Gasteiger partial charge is 0.444 e. The van der Waals surface area contributed by atoms with Gasteiger partial charge in [0, 0.05) is 32.2 Å². The average molecular weight is 464 g/mol. The van der Waals surface area contributed by atoms with E-state index in [9.17, 15) is 19.6 Å². The summed E-state index contributed by atoms with van der Waals surface area (Å²) in [4.78, 5) is 43.9. The fourth-order valence-corrected chi connectivity index (χ4v) is 4.87. The van der Waals surface area contributed by atoms with Crippen molar-refractivity contribution in [3.8, 4) is 6.07 Å². The molecule has 2 fully saturated rings. The molecule has 2 aliphatic heterocycles. The summed E-state index contributed by atoms with van der Waals surface area (Å²) in [6, 6.07) is 0.890. The Balaban J connectivity index is 2.20. The van der Waals surface area contributed by atoms with Gasteiger partial charge in [-0.1, -0.05) is 6.92 Å². The molecular formula is C24H41N5O4. The Hall–Kier alpha value is -2.50. The Morgan fingerprint density at radius 2 is 1.79 bits per heavy atom. The number of likely N-dealkylation sites (tertiary alicyclic amines) is 2. The van der Waals surface area contributed by atoms with E-state index in [2.05, 4.69) is 11.4 Å². The molecule has 0 aliphatic carbocycles. The van der Waals surface area contributed by atoms with Crippen molar-refractivity contribution in [1.29, 1.82) is 5.26 Å². The molecule has 0 bridgehead atoms. The van der Waals surface area contributed by atoms with Crippen LogP contribution >= 0.6 is 0 Å². The van der Waals surface area contributed by atoms with Gasteiger partial charge in [-0.3, -0.25) is 4.79 Å². The lowest BCUT2D eigenvalue weighted by Gasteiger charge is -2.34. The standard InChI is InChI=1S/C24H41N5O4/c1-15-13-19(14-25)29(17(15)3)21(30)20(26-22(31)33-24(4,5)6)12-11-18-10-9-16(2)28(18)23(32)27(7)8/h15-20H,9-13H2,1-8H3,(H,26,31)/t15-,16?,17?,18?,19-,20-/m0/s1. The van der Waals surface area contributed by atoms with E-state index in [0.29, 0.717) is 19.3 Å². The highest BCUT2D eigenvalue weighted by molar-refractivity contribution is 5.86. The van der Waals surface area contributed by atoms with Crippen molar-refractivity contribution in [1.82, 2.24) is 20.0 Å². The summed E-state index contributed by atoms with van der Waals surface area (Å²) < 4.78 is 5.40. The Bertz CT molecular complexity index is 772. The van der Waals surface area contributed by atoms with E-state index in [4.69, 9.17) is 4.74 Å². The summed E-state index contributed by atoms with van der Waals surface area (Å²) in [5, 5.41) is 12.4. The van der Waals surface area contributed by atoms with Gasteiger partial charge in [0.25, 0.3) is 0 Å². The summed E-state index contributed by atoms with van der Waals surface area (Å²) in [5.74, 6) is -0.0644. The SMILES string of the molecule is CC1CCC(CC[C@H](NC(=O)OC(C)(C)C)C(=O)N2C(C)[C@@H](C)C[C@H]2C#N)N1C(=O)N(C)C. The second kappa shape index (κ2) is 10.6. The number of carbonyl (C=O) groups excluding carboxylic acids is 3. The fraction of sp³-hybridized carbons (Fsp3) is 0.833. The molecule has 0 aromatic heterocycles. The van der Waals surface area contributed by atoms with E-state index in [1.807, 2.05) is 25.7 Å². The van der Waals surface area contributed by atoms with Crippen LogP contribution in [0.15, 0.2) is 0 Å². The normalized spacial score (nSPS) is 28.3. The van der Waals surface area contributed by atoms with E-state index < -0.39 is 23.8 Å². The Labute approximate surface area is 198 Å². The van der Waals surface area contributed by atoms with Crippen LogP contribution in [0.1, 0.15) is 73.6 Å². The molecule has 6 atom stereocenters. The minimum absolute atomic E-state index is 0.00711. The fourth-order valence-electron chi connectivity index (χ4n) is 4.87. The molecule has 2 aliphatic rings. The van der Waals surface area contributed by atoms with Crippen LogP contribution in [0.5, 0.6) is 0 Å². The molecule has 4 amide bonds. The summed E-state index contributed by atoms with van der Waals surface area (Å²) in [6.07, 6.45) is 2.66. The van der Waals surface area contributed by atoms with Crippen molar-refractivity contribution < 1.29 is 19.1 Å². The molecule has 0 spiro atoms. The summed E-state index contributed by atoms with van der Waals surface area (Å²) in [5.41, 5.74) is -0.696. The number of amides is 4. The first kappa shape index (κ1) is 26.7. The first-order chi connectivity index (χ1) is 15.3. The third-order valence-electron chi connectivity index (χ3n) is 6.76. The summed E-state index contributed by atoms with van der Waals surface area (Å²) in [6.45, 7) is 11.3. The van der Waals surface area contributed by atoms with Crippen LogP contribution in [-0.4, -0.2) is 82.6 Å². The Morgan fingerprint density at radius 3 is 2.33 bits per heavy atom. The molecule has 9 heteroatoms. The zero-order valence-corrected chi connectivity index (χ0v) is 21.4. The molecule has 186 valence electrons. The van der Waals surface area contributed by atoms with Gasteiger partial charge in [-0.25, -0.2) is 9.59 Å². The van der Waals surface area contributed by atoms with Gasteiger partial charge >= 0.3 is 12.1 Å². The van der Waals surface area contributed by atoms with Crippen molar-refractivity contribution >= 4 is 18.0 Å². The predicted molar refractivity (Wildman–Crippen MR) is 125 cm³/mol. The molecule has 9 nitrogen and oxygen atoms in total. The van der Waals surface area contributed by atoms with Gasteiger partial charge in [0.2, 0.25) is 5.91 Å². The molecule has 33 heavy (non-hydrogen) atoms. The Morgan fingerprint density at radius 1 is 1.15 bits per heavy atom. The first-order valence-electron chi connectivity index (χ1n) is 12.0. The lowest BCUT2D eigenvalue weighted by Crippen LogP contribution is -2.53. The van der Waals surface area contributed by atoms with E-state index in [0.717, 1.165) is 12.8 Å². The second-order valence-electron chi connectivity index (χ2n) is 10.8. The van der Waals surface area contributed by atoms with Crippen LogP contribution in [-0.2, 0) is 9.53 Å². The highest BCUT2D eigenvalue weighted by Crippen LogP contribution is 2.32. The predicted octanol–water partition coefficient (Wildman–Crippen LogP) is 3.34. The van der Waals surface area contributed by atoms with Crippen LogP contribution < -0.4 is 5.32 Å². The van der Waals surface area contributed by atoms with Gasteiger partial charge in [0.05, 0.1) is 6.07 Å². The molecule has 2 heterocycles. The number of nitrogens with zero attached hydrogens (tertiary/aromatic N) is 4. The maximum Gasteiger partial charge on any atom is 0.408 e. The zero-order valence-electron chi connectivity index (χ0n) is 21.4. The zero-order chi connectivity index (χ0) is 25.1. The maximum atomic E-state index is 13.6. The van der Waals surface area contributed by atoms with Gasteiger partial charge < -0.3 is 24.8 Å². The van der Waals surface area contributed by atoms with Crippen molar-refractivity contribution in [2.45, 2.75) is 109 Å². The summed E-state index contributed by atoms with van der Waals surface area (Å²) >= 11 is 0. The molecule has 2 saturated heterocycles. The lowest BCUT2D eigenvalue weighted by atomic mass is 10.0. The third-order valence-corrected chi connectivity index (χ3v) is 6.76. The van der Waals surface area contributed by atoms with Crippen molar-refractivity contribution in [2.24, 2.45) is 5.92 Å². The van der Waals surface area contributed by atoms with E-state index in [-0.39, 0.29) is 36.0 Å². The second-order valence-corrected chi connectivity index (χ2v) is 10.8. The van der Waals surface area contributed by atoms with Gasteiger partial charge in [-0.05, 0) is 72.6 Å². The van der Waals surface area contributed by atoms with Crippen LogP contribution in [0.2, 0.25) is 0 Å². The minimum atomic E-state index is -0.823. The molecule has 2 rings (SSSR count). The molecule has 3 unspecified atom stereocenters. The number of nitriles is 1. The monoisotopic (exact) mass is 463 g/mol. The molecule has 0 radical (unpaired) electrons. The van der Waals surface area contributed by atoms with E-state index >= 15 is 0 Å². The first-order valence-corrected chi connectivity index (χ1v) is 12.0. The topological polar surface area (TPSA) is 106 Å². The van der Waals surface area contributed by atoms with Crippen molar-refractivity contribution in [3.63, 3.8) is 0 Å². The number of hydrogen-bond acceptors (Lipinski definition) is 5. The number of nitrogens with one attached hydrogen (secondary N) is 1. The quantitative estimate of drug-likeness (QED) is 0.673. The highest BCUT2D eigenvalue weighted by Gasteiger charge is 2.43. The highest BCUT2D eigenvalue weighted by atomic mass is 16.6. The number of ether oxygens (including phenoxy) is 1. The van der Waals surface area contributed by atoms with E-state index in [1.54, 1.807) is 44.7 Å². The molecule has 0 saturated carbocycles. The average Bonchev–Trinajstić information content (AvgIpc) is 3.21. The molecule has 0 aromatic carbocycles. The third kappa shape index (κ3) is 6.52. The van der Waals surface area contributed by atoms with Crippen molar-refractivity contribution in [3.05, 3.63) is 0 Å². The van der Waals surface area contributed by atoms with Gasteiger partial charge in [0.15, 0.2) is 0 Å². The van der Waals surface area contributed by atoms with Crippen LogP contribution in [0.3, 0.4) is 0 Å². The number of hydrogen-bond donors (Lipinski definition) is 1. The smallest absolute Gasteiger partial charge is 0.408 e. The number of alkyl carbamates (subject to hydrolysis) is 1. The van der Waals surface area contributed by atoms with Gasteiger partial charge in [-0.15, -0.1) is 0 Å². The van der Waals surface area contributed by atoms with Crippen molar-refractivity contribution in [2.75, 3.05) is 14.1 Å². The molecule has 0 aromatic rings. The maximum absolute atomic E-state index is 13.6.